The Hall–Kier alpha value is -3.95. The minimum absolute atomic E-state index is 0.0825. The van der Waals surface area contributed by atoms with Gasteiger partial charge in [0, 0.05) is 52.2 Å². The van der Waals surface area contributed by atoms with Crippen molar-refractivity contribution < 1.29 is 18.5 Å². The molecule has 0 bridgehead atoms. The van der Waals surface area contributed by atoms with E-state index in [1.165, 1.54) is 6.08 Å². The first-order chi connectivity index (χ1) is 20.3. The van der Waals surface area contributed by atoms with Crippen LogP contribution in [-0.4, -0.2) is 87.8 Å². The Morgan fingerprint density at radius 3 is 2.79 bits per heavy atom. The van der Waals surface area contributed by atoms with Crippen LogP contribution >= 0.6 is 11.6 Å². The van der Waals surface area contributed by atoms with Gasteiger partial charge in [0.2, 0.25) is 5.91 Å². The van der Waals surface area contributed by atoms with Crippen molar-refractivity contribution in [1.29, 1.82) is 0 Å². The molecule has 4 heterocycles. The van der Waals surface area contributed by atoms with Crippen molar-refractivity contribution in [3.05, 3.63) is 66.1 Å². The van der Waals surface area contributed by atoms with Gasteiger partial charge in [-0.05, 0) is 50.4 Å². The lowest BCUT2D eigenvalue weighted by molar-refractivity contribution is -0.405. The number of carbonyl (C=O) groups is 1. The Balaban J connectivity index is 1.44. The summed E-state index contributed by atoms with van der Waals surface area (Å²) < 4.78 is 24.5. The average Bonchev–Trinajstić information content (AvgIpc) is 3.64. The largest absolute Gasteiger partial charge is 0.443 e. The number of aromatic nitrogens is 3. The molecule has 0 saturated carbocycles. The highest BCUT2D eigenvalue weighted by Gasteiger charge is 2.29. The number of ether oxygens (including phenoxy) is 1. The molecule has 2 aliphatic rings. The van der Waals surface area contributed by atoms with Crippen LogP contribution in [-0.2, 0) is 4.79 Å². The number of amides is 1. The van der Waals surface area contributed by atoms with Crippen molar-refractivity contribution in [2.45, 2.75) is 25.3 Å². The second kappa shape index (κ2) is 11.7. The molecule has 2 saturated heterocycles. The highest BCUT2D eigenvalue weighted by Crippen LogP contribution is 2.37. The van der Waals surface area contributed by atoms with Crippen LogP contribution in [0.25, 0.3) is 32.9 Å². The molecule has 42 heavy (non-hydrogen) atoms. The molecule has 0 aliphatic carbocycles. The first-order valence-electron chi connectivity index (χ1n) is 14.2. The van der Waals surface area contributed by atoms with Gasteiger partial charge in [0.1, 0.15) is 23.2 Å². The quantitative estimate of drug-likeness (QED) is 0.162. The van der Waals surface area contributed by atoms with E-state index in [1.807, 2.05) is 48.2 Å². The lowest BCUT2D eigenvalue weighted by Crippen LogP contribution is -2.31. The number of hydrogen-bond acceptors (Lipinski definition) is 6. The van der Waals surface area contributed by atoms with E-state index in [2.05, 4.69) is 28.5 Å². The molecule has 10 heteroatoms. The maximum atomic E-state index is 16.5. The number of likely N-dealkylation sites (N-methyl/N-ethyl adjacent to an activating group) is 1. The summed E-state index contributed by atoms with van der Waals surface area (Å²) >= 11 is 6.57. The third-order valence-corrected chi connectivity index (χ3v) is 8.62. The van der Waals surface area contributed by atoms with Crippen LogP contribution < -0.4 is 4.74 Å². The van der Waals surface area contributed by atoms with Gasteiger partial charge >= 0.3 is 11.8 Å². The van der Waals surface area contributed by atoms with Crippen LogP contribution in [0.5, 0.6) is 6.01 Å². The summed E-state index contributed by atoms with van der Waals surface area (Å²) in [6, 6.07) is 11.6. The number of benzene rings is 2. The Morgan fingerprint density at radius 1 is 1.21 bits per heavy atom. The van der Waals surface area contributed by atoms with E-state index in [9.17, 15) is 4.79 Å². The van der Waals surface area contributed by atoms with Gasteiger partial charge < -0.3 is 14.5 Å². The van der Waals surface area contributed by atoms with Crippen molar-refractivity contribution in [2.24, 2.45) is 5.92 Å². The van der Waals surface area contributed by atoms with E-state index >= 15 is 4.39 Å². The molecular weight excluding hydrogens is 555 g/mol. The Bertz CT molecular complexity index is 1720. The van der Waals surface area contributed by atoms with Crippen molar-refractivity contribution in [2.75, 3.05) is 40.3 Å². The van der Waals surface area contributed by atoms with Crippen LogP contribution in [0.2, 0.25) is 5.02 Å². The fraction of sp³-hybridized carbons (Fsp3) is 0.344. The summed E-state index contributed by atoms with van der Waals surface area (Å²) in [5.74, 6) is -0.0585. The Morgan fingerprint density at radius 2 is 2.02 bits per heavy atom. The molecule has 2 aromatic carbocycles. The smallest absolute Gasteiger partial charge is 0.434 e. The first kappa shape index (κ1) is 28.2. The maximum Gasteiger partial charge on any atom is 0.434 e. The molecule has 0 spiro atoms. The SMILES string of the molecule is C=CC(=O)N1CCC(C=[N+](C)c2nc(OC[C@@H]3CCCN3C)nc3c(F)c(-c4cccc5cccc(Cl)c45)ncc23)C1. The minimum atomic E-state index is -0.566. The summed E-state index contributed by atoms with van der Waals surface area (Å²) in [5.41, 5.74) is 0.873. The predicted octanol–water partition coefficient (Wildman–Crippen LogP) is 5.49. The van der Waals surface area contributed by atoms with E-state index in [0.29, 0.717) is 41.5 Å². The molecule has 8 nitrogen and oxygen atoms in total. The third-order valence-electron chi connectivity index (χ3n) is 8.31. The summed E-state index contributed by atoms with van der Waals surface area (Å²) in [4.78, 5) is 30.0. The Labute approximate surface area is 249 Å². The van der Waals surface area contributed by atoms with Crippen molar-refractivity contribution >= 4 is 51.2 Å². The maximum absolute atomic E-state index is 16.5. The topological polar surface area (TPSA) is 74.5 Å². The van der Waals surface area contributed by atoms with Gasteiger partial charge in [-0.1, -0.05) is 48.5 Å². The number of nitrogens with zero attached hydrogens (tertiary/aromatic N) is 6. The van der Waals surface area contributed by atoms with Gasteiger partial charge in [0.05, 0.1) is 13.3 Å². The number of likely N-dealkylation sites (tertiary alicyclic amines) is 2. The highest BCUT2D eigenvalue weighted by atomic mass is 35.5. The fourth-order valence-electron chi connectivity index (χ4n) is 6.02. The lowest BCUT2D eigenvalue weighted by Gasteiger charge is -2.18. The summed E-state index contributed by atoms with van der Waals surface area (Å²) in [6.07, 6.45) is 7.91. The highest BCUT2D eigenvalue weighted by molar-refractivity contribution is 6.36. The summed E-state index contributed by atoms with van der Waals surface area (Å²) in [7, 11) is 3.94. The third kappa shape index (κ3) is 5.34. The van der Waals surface area contributed by atoms with E-state index in [-0.39, 0.29) is 35.1 Å². The zero-order chi connectivity index (χ0) is 29.4. The van der Waals surface area contributed by atoms with Crippen LogP contribution in [0, 0.1) is 11.7 Å². The number of fused-ring (bicyclic) bond motifs is 2. The molecule has 216 valence electrons. The second-order valence-corrected chi connectivity index (χ2v) is 11.4. The minimum Gasteiger partial charge on any atom is -0.443 e. The van der Waals surface area contributed by atoms with Gasteiger partial charge in [0.25, 0.3) is 0 Å². The van der Waals surface area contributed by atoms with Gasteiger partial charge in [-0.2, -0.15) is 4.98 Å². The van der Waals surface area contributed by atoms with E-state index in [4.69, 9.17) is 21.3 Å². The van der Waals surface area contributed by atoms with Gasteiger partial charge in [-0.15, -0.1) is 0 Å². The summed E-state index contributed by atoms with van der Waals surface area (Å²) in [6.45, 7) is 6.25. The van der Waals surface area contributed by atoms with Gasteiger partial charge in [-0.3, -0.25) is 9.78 Å². The second-order valence-electron chi connectivity index (χ2n) is 11.0. The van der Waals surface area contributed by atoms with E-state index in [1.54, 1.807) is 17.2 Å². The molecule has 2 aromatic heterocycles. The number of hydrogen-bond donors (Lipinski definition) is 0. The number of pyridine rings is 1. The number of halogens is 2. The average molecular weight is 588 g/mol. The van der Waals surface area contributed by atoms with Crippen LogP contribution in [0.1, 0.15) is 19.3 Å². The van der Waals surface area contributed by atoms with Crippen LogP contribution in [0.15, 0.2) is 55.3 Å². The van der Waals surface area contributed by atoms with Crippen molar-refractivity contribution in [3.8, 4) is 17.3 Å². The fourth-order valence-corrected chi connectivity index (χ4v) is 6.30. The summed E-state index contributed by atoms with van der Waals surface area (Å²) in [5, 5.41) is 2.60. The van der Waals surface area contributed by atoms with Crippen LogP contribution in [0.3, 0.4) is 0 Å². The Kier molecular flexibility index (Phi) is 7.88. The van der Waals surface area contributed by atoms with Crippen molar-refractivity contribution in [1.82, 2.24) is 24.8 Å². The van der Waals surface area contributed by atoms with E-state index in [0.717, 1.165) is 36.6 Å². The van der Waals surface area contributed by atoms with Crippen molar-refractivity contribution in [3.63, 3.8) is 0 Å². The molecular formula is C32H33ClFN6O2+. The van der Waals surface area contributed by atoms with Gasteiger partial charge in [-0.25, -0.2) is 8.97 Å². The molecule has 4 aromatic rings. The van der Waals surface area contributed by atoms with Crippen LogP contribution in [0.4, 0.5) is 10.2 Å². The lowest BCUT2D eigenvalue weighted by atomic mass is 10.0. The van der Waals surface area contributed by atoms with Gasteiger partial charge in [0.15, 0.2) is 5.82 Å². The molecule has 2 atom stereocenters. The standard InChI is InChI=1S/C32H33ClFN6O2/c1-4-26(41)40-15-13-20(18-40)17-39(3)31-24-16-35-29(23-11-5-8-21-9-6-12-25(33)27(21)23)28(34)30(24)36-32(37-31)42-19-22-10-7-14-38(22)2/h4-6,8-9,11-12,16-17,20,22H,1,7,10,13-15,18-19H2,2-3H3/q+1/t20?,22-/m0/s1. The molecule has 6 rings (SSSR count). The predicted molar refractivity (Wildman–Crippen MR) is 163 cm³/mol. The molecule has 1 amide bonds. The molecule has 0 radical (unpaired) electrons. The molecule has 0 N–H and O–H groups in total. The molecule has 1 unspecified atom stereocenters. The monoisotopic (exact) mass is 587 g/mol. The first-order valence-corrected chi connectivity index (χ1v) is 14.6. The van der Waals surface area contributed by atoms with E-state index < -0.39 is 5.82 Å². The zero-order valence-electron chi connectivity index (χ0n) is 23.8. The molecule has 2 aliphatic heterocycles. The number of rotatable bonds is 7. The number of carbonyl (C=O) groups excluding carboxylic acids is 1. The normalized spacial score (nSPS) is 19.6. The molecule has 2 fully saturated rings. The zero-order valence-corrected chi connectivity index (χ0v) is 24.5.